The van der Waals surface area contributed by atoms with Crippen LogP contribution in [-0.2, 0) is 10.0 Å². The maximum atomic E-state index is 12.8. The van der Waals surface area contributed by atoms with Crippen LogP contribution in [0.4, 0.5) is 5.69 Å². The normalized spacial score (nSPS) is 15.2. The Morgan fingerprint density at radius 1 is 0.962 bits per heavy atom. The van der Waals surface area contributed by atoms with Crippen LogP contribution in [0.2, 0.25) is 10.0 Å². The van der Waals surface area contributed by atoms with Gasteiger partial charge in [0.2, 0.25) is 10.0 Å². The molecule has 0 radical (unpaired) electrons. The zero-order chi connectivity index (χ0) is 18.9. The van der Waals surface area contributed by atoms with Gasteiger partial charge in [0, 0.05) is 26.2 Å². The van der Waals surface area contributed by atoms with Crippen LogP contribution in [0.1, 0.15) is 10.4 Å². The first-order valence-corrected chi connectivity index (χ1v) is 10.2. The topological polar surface area (TPSA) is 83.7 Å². The molecule has 1 saturated heterocycles. The first-order valence-electron chi connectivity index (χ1n) is 7.88. The summed E-state index contributed by atoms with van der Waals surface area (Å²) in [5.41, 5.74) is 1.06. The Balaban J connectivity index is 1.76. The van der Waals surface area contributed by atoms with Crippen LogP contribution < -0.4 is 10.0 Å². The third kappa shape index (κ3) is 3.96. The number of nitrogens with zero attached hydrogens (tertiary/aromatic N) is 2. The molecule has 1 fully saturated rings. The van der Waals surface area contributed by atoms with Crippen molar-refractivity contribution in [1.29, 1.82) is 0 Å². The Morgan fingerprint density at radius 2 is 1.62 bits per heavy atom. The molecule has 138 valence electrons. The van der Waals surface area contributed by atoms with E-state index in [4.69, 9.17) is 28.3 Å². The molecule has 0 spiro atoms. The van der Waals surface area contributed by atoms with Gasteiger partial charge in [-0.1, -0.05) is 35.3 Å². The third-order valence-corrected chi connectivity index (χ3v) is 5.82. The molecule has 1 aliphatic rings. The Morgan fingerprint density at radius 3 is 2.23 bits per heavy atom. The lowest BCUT2D eigenvalue weighted by Gasteiger charge is -2.36. The van der Waals surface area contributed by atoms with Crippen molar-refractivity contribution in [3.8, 4) is 0 Å². The maximum absolute atomic E-state index is 12.8. The Labute approximate surface area is 162 Å². The monoisotopic (exact) mass is 413 g/mol. The quantitative estimate of drug-likeness (QED) is 0.837. The van der Waals surface area contributed by atoms with E-state index in [1.54, 1.807) is 4.90 Å². The van der Waals surface area contributed by atoms with Gasteiger partial charge in [-0.2, -0.15) is 0 Å². The van der Waals surface area contributed by atoms with Gasteiger partial charge in [0.1, 0.15) is 0 Å². The summed E-state index contributed by atoms with van der Waals surface area (Å²) in [5.74, 6) is -0.320. The van der Waals surface area contributed by atoms with Crippen LogP contribution in [0.25, 0.3) is 0 Å². The number of hydrogen-bond acceptors (Lipinski definition) is 4. The van der Waals surface area contributed by atoms with E-state index >= 15 is 0 Å². The number of anilines is 1. The highest BCUT2D eigenvalue weighted by molar-refractivity contribution is 7.89. The summed E-state index contributed by atoms with van der Waals surface area (Å²) in [5, 5.41) is 5.99. The number of halogens is 2. The fraction of sp³-hybridized carbons (Fsp3) is 0.235. The van der Waals surface area contributed by atoms with Crippen molar-refractivity contribution < 1.29 is 13.2 Å². The first kappa shape index (κ1) is 19.0. The van der Waals surface area contributed by atoms with Gasteiger partial charge in [-0.15, -0.1) is 0 Å². The second-order valence-corrected chi connectivity index (χ2v) is 8.29. The second kappa shape index (κ2) is 7.44. The van der Waals surface area contributed by atoms with Gasteiger partial charge in [0.05, 0.1) is 26.2 Å². The number of carbonyl (C=O) groups is 1. The smallest absolute Gasteiger partial charge is 0.255 e. The average Bonchev–Trinajstić information content (AvgIpc) is 2.61. The Bertz CT molecular complexity index is 942. The molecule has 2 aromatic carbocycles. The van der Waals surface area contributed by atoms with Crippen molar-refractivity contribution >= 4 is 44.8 Å². The van der Waals surface area contributed by atoms with Crippen molar-refractivity contribution in [1.82, 2.24) is 4.90 Å². The van der Waals surface area contributed by atoms with E-state index in [2.05, 4.69) is 4.90 Å². The summed E-state index contributed by atoms with van der Waals surface area (Å²) in [6, 6.07) is 11.4. The van der Waals surface area contributed by atoms with Crippen molar-refractivity contribution in [2.45, 2.75) is 4.90 Å². The summed E-state index contributed by atoms with van der Waals surface area (Å²) in [7, 11) is -3.91. The average molecular weight is 414 g/mol. The molecule has 3 rings (SSSR count). The number of piperazine rings is 1. The Kier molecular flexibility index (Phi) is 5.43. The number of sulfonamides is 1. The van der Waals surface area contributed by atoms with Gasteiger partial charge in [-0.05, 0) is 30.3 Å². The van der Waals surface area contributed by atoms with E-state index in [9.17, 15) is 13.2 Å². The molecule has 1 amide bonds. The van der Waals surface area contributed by atoms with E-state index in [1.165, 1.54) is 18.2 Å². The maximum Gasteiger partial charge on any atom is 0.255 e. The predicted octanol–water partition coefficient (Wildman–Crippen LogP) is 2.60. The number of para-hydroxylation sites is 1. The summed E-state index contributed by atoms with van der Waals surface area (Å²) in [4.78, 5) is 16.4. The highest BCUT2D eigenvalue weighted by Crippen LogP contribution is 2.27. The lowest BCUT2D eigenvalue weighted by atomic mass is 10.1. The summed E-state index contributed by atoms with van der Waals surface area (Å²) in [6.45, 7) is 2.17. The van der Waals surface area contributed by atoms with Crippen molar-refractivity contribution in [3.63, 3.8) is 0 Å². The van der Waals surface area contributed by atoms with Gasteiger partial charge in [0.15, 0.2) is 0 Å². The van der Waals surface area contributed by atoms with E-state index in [1.807, 2.05) is 24.3 Å². The molecule has 0 unspecified atom stereocenters. The fourth-order valence-corrected chi connectivity index (χ4v) is 3.87. The van der Waals surface area contributed by atoms with Crippen molar-refractivity contribution in [2.24, 2.45) is 5.14 Å². The first-order chi connectivity index (χ1) is 12.3. The second-order valence-electron chi connectivity index (χ2n) is 5.92. The molecule has 0 bridgehead atoms. The van der Waals surface area contributed by atoms with E-state index in [0.29, 0.717) is 31.2 Å². The molecule has 9 heteroatoms. The number of primary sulfonamides is 1. The molecule has 26 heavy (non-hydrogen) atoms. The zero-order valence-electron chi connectivity index (χ0n) is 13.7. The van der Waals surface area contributed by atoms with Crippen LogP contribution in [-0.4, -0.2) is 45.4 Å². The molecule has 2 aromatic rings. The standard InChI is InChI=1S/C17H17Cl2N3O3S/c18-14-6-5-12(26(20,24)25)11-13(14)17(23)22-9-7-21(8-10-22)16-4-2-1-3-15(16)19/h1-6,11H,7-10H2,(H2,20,24,25). The lowest BCUT2D eigenvalue weighted by molar-refractivity contribution is 0.0746. The van der Waals surface area contributed by atoms with E-state index in [0.717, 1.165) is 5.69 Å². The van der Waals surface area contributed by atoms with E-state index < -0.39 is 10.0 Å². The molecule has 2 N–H and O–H groups in total. The summed E-state index contributed by atoms with van der Waals surface area (Å²) < 4.78 is 23.0. The van der Waals surface area contributed by atoms with Gasteiger partial charge in [-0.3, -0.25) is 4.79 Å². The van der Waals surface area contributed by atoms with Gasteiger partial charge < -0.3 is 9.80 Å². The number of hydrogen-bond donors (Lipinski definition) is 1. The molecule has 0 aliphatic carbocycles. The lowest BCUT2D eigenvalue weighted by Crippen LogP contribution is -2.49. The number of nitrogens with two attached hydrogens (primary N) is 1. The molecule has 6 nitrogen and oxygen atoms in total. The van der Waals surface area contributed by atoms with Gasteiger partial charge in [-0.25, -0.2) is 13.6 Å². The Hall–Kier alpha value is -1.80. The highest BCUT2D eigenvalue weighted by atomic mass is 35.5. The molecule has 1 aliphatic heterocycles. The minimum absolute atomic E-state index is 0.129. The third-order valence-electron chi connectivity index (χ3n) is 4.26. The molecular formula is C17H17Cl2N3O3S. The minimum Gasteiger partial charge on any atom is -0.367 e. The van der Waals surface area contributed by atoms with Crippen LogP contribution in [0, 0.1) is 0 Å². The van der Waals surface area contributed by atoms with Crippen LogP contribution in [0.3, 0.4) is 0 Å². The van der Waals surface area contributed by atoms with Gasteiger partial charge in [0.25, 0.3) is 5.91 Å². The van der Waals surface area contributed by atoms with Crippen LogP contribution in [0.15, 0.2) is 47.4 Å². The van der Waals surface area contributed by atoms with Crippen LogP contribution in [0.5, 0.6) is 0 Å². The SMILES string of the molecule is NS(=O)(=O)c1ccc(Cl)c(C(=O)N2CCN(c3ccccc3Cl)CC2)c1. The number of benzene rings is 2. The number of carbonyl (C=O) groups excluding carboxylic acids is 1. The van der Waals surface area contributed by atoms with Gasteiger partial charge >= 0.3 is 0 Å². The van der Waals surface area contributed by atoms with Crippen molar-refractivity contribution in [2.75, 3.05) is 31.1 Å². The molecule has 1 heterocycles. The molecule has 0 aromatic heterocycles. The summed E-state index contributed by atoms with van der Waals surface area (Å²) >= 11 is 12.3. The highest BCUT2D eigenvalue weighted by Gasteiger charge is 2.25. The number of amides is 1. The summed E-state index contributed by atoms with van der Waals surface area (Å²) in [6.07, 6.45) is 0. The molecular weight excluding hydrogens is 397 g/mol. The minimum atomic E-state index is -3.91. The van der Waals surface area contributed by atoms with E-state index in [-0.39, 0.29) is 21.4 Å². The fourth-order valence-electron chi connectivity index (χ4n) is 2.87. The predicted molar refractivity (Wildman–Crippen MR) is 102 cm³/mol. The van der Waals surface area contributed by atoms with Crippen molar-refractivity contribution in [3.05, 3.63) is 58.1 Å². The molecule has 0 atom stereocenters. The largest absolute Gasteiger partial charge is 0.367 e. The zero-order valence-corrected chi connectivity index (χ0v) is 16.1. The van der Waals surface area contributed by atoms with Crippen LogP contribution >= 0.6 is 23.2 Å². The number of rotatable bonds is 3. The molecule has 0 saturated carbocycles.